The van der Waals surface area contributed by atoms with E-state index in [0.29, 0.717) is 0 Å². The van der Waals surface area contributed by atoms with Gasteiger partial charge in [0.1, 0.15) is 0 Å². The lowest BCUT2D eigenvalue weighted by Crippen LogP contribution is -2.36. The van der Waals surface area contributed by atoms with Crippen molar-refractivity contribution in [2.75, 3.05) is 0 Å². The van der Waals surface area contributed by atoms with Crippen molar-refractivity contribution in [3.63, 3.8) is 0 Å². The SMILES string of the molecule is CC1(C)C=CC(NC(=O)c2cccs2)CC1. The molecule has 0 spiro atoms. The number of carbonyl (C=O) groups is 1. The summed E-state index contributed by atoms with van der Waals surface area (Å²) in [7, 11) is 0. The van der Waals surface area contributed by atoms with Gasteiger partial charge in [0.25, 0.3) is 5.91 Å². The summed E-state index contributed by atoms with van der Waals surface area (Å²) in [4.78, 5) is 12.6. The van der Waals surface area contributed by atoms with Crippen molar-refractivity contribution >= 4 is 17.2 Å². The lowest BCUT2D eigenvalue weighted by molar-refractivity contribution is 0.0943. The second kappa shape index (κ2) is 4.42. The molecular formula is C13H17NOS. The molecule has 2 nitrogen and oxygen atoms in total. The molecular weight excluding hydrogens is 218 g/mol. The Morgan fingerprint density at radius 2 is 2.38 bits per heavy atom. The van der Waals surface area contributed by atoms with Crippen molar-refractivity contribution in [2.24, 2.45) is 5.41 Å². The summed E-state index contributed by atoms with van der Waals surface area (Å²) >= 11 is 1.48. The molecule has 1 atom stereocenters. The molecule has 1 N–H and O–H groups in total. The molecule has 1 aromatic rings. The summed E-state index contributed by atoms with van der Waals surface area (Å²) in [5, 5.41) is 4.97. The smallest absolute Gasteiger partial charge is 0.261 e. The largest absolute Gasteiger partial charge is 0.345 e. The lowest BCUT2D eigenvalue weighted by Gasteiger charge is -2.28. The van der Waals surface area contributed by atoms with E-state index in [1.807, 2.05) is 17.5 Å². The van der Waals surface area contributed by atoms with Crippen molar-refractivity contribution in [1.29, 1.82) is 0 Å². The van der Waals surface area contributed by atoms with Gasteiger partial charge in [-0.25, -0.2) is 0 Å². The number of thiophene rings is 1. The third-order valence-corrected chi connectivity index (χ3v) is 3.81. The molecule has 1 aliphatic carbocycles. The second-order valence-corrected chi connectivity index (χ2v) is 5.89. The van der Waals surface area contributed by atoms with Gasteiger partial charge < -0.3 is 5.32 Å². The van der Waals surface area contributed by atoms with Gasteiger partial charge in [-0.05, 0) is 29.7 Å². The van der Waals surface area contributed by atoms with Crippen molar-refractivity contribution in [1.82, 2.24) is 5.32 Å². The molecule has 1 heterocycles. The van der Waals surface area contributed by atoms with Crippen molar-refractivity contribution in [3.05, 3.63) is 34.5 Å². The molecule has 1 aromatic heterocycles. The van der Waals surface area contributed by atoms with Gasteiger partial charge in [0.15, 0.2) is 0 Å². The van der Waals surface area contributed by atoms with E-state index in [-0.39, 0.29) is 17.4 Å². The molecule has 0 fully saturated rings. The van der Waals surface area contributed by atoms with Gasteiger partial charge >= 0.3 is 0 Å². The number of amides is 1. The van der Waals surface area contributed by atoms with Crippen LogP contribution in [-0.2, 0) is 0 Å². The van der Waals surface area contributed by atoms with Gasteiger partial charge in [-0.2, -0.15) is 0 Å². The lowest BCUT2D eigenvalue weighted by atomic mass is 9.81. The quantitative estimate of drug-likeness (QED) is 0.783. The van der Waals surface area contributed by atoms with Gasteiger partial charge in [-0.3, -0.25) is 4.79 Å². The van der Waals surface area contributed by atoms with Crippen LogP contribution in [-0.4, -0.2) is 11.9 Å². The normalized spacial score (nSPS) is 23.0. The number of allylic oxidation sites excluding steroid dienone is 1. The number of nitrogens with one attached hydrogen (secondary N) is 1. The third kappa shape index (κ3) is 2.73. The Balaban J connectivity index is 1.95. The van der Waals surface area contributed by atoms with Gasteiger partial charge in [-0.1, -0.05) is 32.1 Å². The first-order chi connectivity index (χ1) is 7.57. The van der Waals surface area contributed by atoms with Crippen molar-refractivity contribution < 1.29 is 4.79 Å². The Morgan fingerprint density at radius 1 is 1.56 bits per heavy atom. The van der Waals surface area contributed by atoms with E-state index in [9.17, 15) is 4.79 Å². The molecule has 16 heavy (non-hydrogen) atoms. The molecule has 1 amide bonds. The van der Waals surface area contributed by atoms with Gasteiger partial charge in [0, 0.05) is 6.04 Å². The zero-order valence-corrected chi connectivity index (χ0v) is 10.5. The van der Waals surface area contributed by atoms with E-state index in [1.165, 1.54) is 11.3 Å². The standard InChI is InChI=1S/C13H17NOS/c1-13(2)7-5-10(6-8-13)14-12(15)11-4-3-9-16-11/h3-5,7,9-10H,6,8H2,1-2H3,(H,14,15). The molecule has 0 aromatic carbocycles. The van der Waals surface area contributed by atoms with Crippen molar-refractivity contribution in [3.8, 4) is 0 Å². The fourth-order valence-corrected chi connectivity index (χ4v) is 2.48. The Kier molecular flexibility index (Phi) is 3.15. The van der Waals surface area contributed by atoms with Gasteiger partial charge in [0.05, 0.1) is 4.88 Å². The first kappa shape index (κ1) is 11.4. The first-order valence-electron chi connectivity index (χ1n) is 5.61. The highest BCUT2D eigenvalue weighted by molar-refractivity contribution is 7.12. The van der Waals surface area contributed by atoms with Crippen LogP contribution in [0.25, 0.3) is 0 Å². The molecule has 3 heteroatoms. The molecule has 0 saturated heterocycles. The fraction of sp³-hybridized carbons (Fsp3) is 0.462. The molecule has 86 valence electrons. The first-order valence-corrected chi connectivity index (χ1v) is 6.48. The maximum absolute atomic E-state index is 11.8. The highest BCUT2D eigenvalue weighted by atomic mass is 32.1. The van der Waals surface area contributed by atoms with Crippen LogP contribution in [0.1, 0.15) is 36.4 Å². The average Bonchev–Trinajstić information content (AvgIpc) is 2.74. The van der Waals surface area contributed by atoms with Crippen LogP contribution in [0, 0.1) is 5.41 Å². The molecule has 0 aliphatic heterocycles. The predicted molar refractivity (Wildman–Crippen MR) is 67.7 cm³/mol. The van der Waals surface area contributed by atoms with Gasteiger partial charge in [0.2, 0.25) is 0 Å². The molecule has 0 bridgehead atoms. The van der Waals surface area contributed by atoms with E-state index in [4.69, 9.17) is 0 Å². The number of carbonyl (C=O) groups excluding carboxylic acids is 1. The summed E-state index contributed by atoms with van der Waals surface area (Å²) in [6.07, 6.45) is 6.48. The molecule has 2 rings (SSSR count). The van der Waals surface area contributed by atoms with E-state index in [1.54, 1.807) is 0 Å². The highest BCUT2D eigenvalue weighted by Crippen LogP contribution is 2.29. The van der Waals surface area contributed by atoms with Gasteiger partial charge in [-0.15, -0.1) is 11.3 Å². The van der Waals surface area contributed by atoms with Crippen LogP contribution in [0.4, 0.5) is 0 Å². The van der Waals surface area contributed by atoms with Crippen LogP contribution < -0.4 is 5.32 Å². The van der Waals surface area contributed by atoms with Crippen molar-refractivity contribution in [2.45, 2.75) is 32.7 Å². The van der Waals surface area contributed by atoms with Crippen LogP contribution in [0.15, 0.2) is 29.7 Å². The summed E-state index contributed by atoms with van der Waals surface area (Å²) in [5.41, 5.74) is 0.282. The van der Waals surface area contributed by atoms with E-state index in [0.717, 1.165) is 17.7 Å². The zero-order valence-electron chi connectivity index (χ0n) is 9.69. The maximum atomic E-state index is 11.8. The predicted octanol–water partition coefficient (Wildman–Crippen LogP) is 3.22. The molecule has 0 saturated carbocycles. The number of rotatable bonds is 2. The maximum Gasteiger partial charge on any atom is 0.261 e. The minimum atomic E-state index is 0.0457. The number of hydrogen-bond acceptors (Lipinski definition) is 2. The Hall–Kier alpha value is -1.09. The summed E-state index contributed by atoms with van der Waals surface area (Å²) in [6.45, 7) is 4.45. The van der Waals surface area contributed by atoms with Crippen LogP contribution in [0.5, 0.6) is 0 Å². The third-order valence-electron chi connectivity index (χ3n) is 2.94. The molecule has 1 unspecified atom stereocenters. The minimum Gasteiger partial charge on any atom is -0.345 e. The van der Waals surface area contributed by atoms with E-state index < -0.39 is 0 Å². The monoisotopic (exact) mass is 235 g/mol. The summed E-state index contributed by atoms with van der Waals surface area (Å²) < 4.78 is 0. The Bertz CT molecular complexity index is 392. The fourth-order valence-electron chi connectivity index (χ4n) is 1.85. The second-order valence-electron chi connectivity index (χ2n) is 4.94. The van der Waals surface area contributed by atoms with Crippen LogP contribution >= 0.6 is 11.3 Å². The van der Waals surface area contributed by atoms with E-state index in [2.05, 4.69) is 31.3 Å². The Morgan fingerprint density at radius 3 is 2.94 bits per heavy atom. The summed E-state index contributed by atoms with van der Waals surface area (Å²) in [5.74, 6) is 0.0457. The number of hydrogen-bond donors (Lipinski definition) is 1. The average molecular weight is 235 g/mol. The molecule has 0 radical (unpaired) electrons. The Labute approximate surface area is 100 Å². The van der Waals surface area contributed by atoms with E-state index >= 15 is 0 Å². The topological polar surface area (TPSA) is 29.1 Å². The minimum absolute atomic E-state index is 0.0457. The van der Waals surface area contributed by atoms with Crippen LogP contribution in [0.2, 0.25) is 0 Å². The molecule has 1 aliphatic rings. The highest BCUT2D eigenvalue weighted by Gasteiger charge is 2.22. The summed E-state index contributed by atoms with van der Waals surface area (Å²) in [6, 6.07) is 3.96. The zero-order chi connectivity index (χ0) is 11.6. The van der Waals surface area contributed by atoms with Crippen LogP contribution in [0.3, 0.4) is 0 Å².